The molecule has 2 aliphatic rings. The van der Waals surface area contributed by atoms with Crippen molar-refractivity contribution in [1.29, 1.82) is 5.26 Å². The van der Waals surface area contributed by atoms with Crippen molar-refractivity contribution in [3.63, 3.8) is 0 Å². The largest absolute Gasteiger partial charge is 0.469 e. The Bertz CT molecular complexity index is 935. The van der Waals surface area contributed by atoms with Crippen LogP contribution in [0.5, 0.6) is 0 Å². The summed E-state index contributed by atoms with van der Waals surface area (Å²) in [5, 5.41) is 9.72. The normalized spacial score (nSPS) is 21.7. The predicted octanol–water partition coefficient (Wildman–Crippen LogP) is 6.22. The van der Waals surface area contributed by atoms with E-state index in [0.717, 1.165) is 25.7 Å². The van der Waals surface area contributed by atoms with Crippen molar-refractivity contribution in [3.05, 3.63) is 34.8 Å². The Labute approximate surface area is 170 Å². The summed E-state index contributed by atoms with van der Waals surface area (Å²) in [6.45, 7) is 0. The molecule has 0 bridgehead atoms. The first kappa shape index (κ1) is 19.7. The second kappa shape index (κ2) is 7.64. The number of pyridine rings is 1. The average Bonchev–Trinajstić information content (AvgIpc) is 3.14. The molecular formula is C20H18ClF3N2OS. The number of halogens is 4. The Morgan fingerprint density at radius 3 is 2.79 bits per heavy atom. The van der Waals surface area contributed by atoms with Gasteiger partial charge in [0.1, 0.15) is 16.9 Å². The van der Waals surface area contributed by atoms with E-state index in [1.165, 1.54) is 18.0 Å². The summed E-state index contributed by atoms with van der Waals surface area (Å²) in [7, 11) is 0. The highest BCUT2D eigenvalue weighted by Crippen LogP contribution is 2.45. The molecule has 2 aromatic rings. The maximum absolute atomic E-state index is 13.9. The van der Waals surface area contributed by atoms with Crippen LogP contribution in [-0.2, 0) is 19.0 Å². The first-order chi connectivity index (χ1) is 13.4. The van der Waals surface area contributed by atoms with E-state index >= 15 is 0 Å². The van der Waals surface area contributed by atoms with Crippen LogP contribution in [-0.4, -0.2) is 16.1 Å². The number of hydrogen-bond acceptors (Lipinski definition) is 4. The van der Waals surface area contributed by atoms with Crippen LogP contribution in [0.1, 0.15) is 48.1 Å². The molecule has 0 amide bonds. The lowest BCUT2D eigenvalue weighted by Crippen LogP contribution is -2.22. The van der Waals surface area contributed by atoms with Crippen LogP contribution in [0.2, 0.25) is 0 Å². The van der Waals surface area contributed by atoms with E-state index in [2.05, 4.69) is 4.98 Å². The monoisotopic (exact) mass is 426 g/mol. The SMILES string of the molecule is N#Cc1c(SCC2CCCCC2Cl)nc2c(c1C(F)(F)F)CCc1occc1-2. The smallest absolute Gasteiger partial charge is 0.418 e. The minimum absolute atomic E-state index is 0.0203. The second-order valence-corrected chi connectivity index (χ2v) is 8.80. The van der Waals surface area contributed by atoms with E-state index in [1.54, 1.807) is 12.1 Å². The highest BCUT2D eigenvalue weighted by atomic mass is 35.5. The molecule has 0 saturated heterocycles. The first-order valence-electron chi connectivity index (χ1n) is 9.28. The van der Waals surface area contributed by atoms with Crippen LogP contribution in [0.15, 0.2) is 21.8 Å². The van der Waals surface area contributed by atoms with E-state index in [1.807, 2.05) is 0 Å². The predicted molar refractivity (Wildman–Crippen MR) is 101 cm³/mol. The number of alkyl halides is 4. The maximum atomic E-state index is 13.9. The molecule has 2 heterocycles. The van der Waals surface area contributed by atoms with Gasteiger partial charge in [0.25, 0.3) is 0 Å². The van der Waals surface area contributed by atoms with Gasteiger partial charge < -0.3 is 4.42 Å². The van der Waals surface area contributed by atoms with Crippen LogP contribution >= 0.6 is 23.4 Å². The minimum Gasteiger partial charge on any atom is -0.469 e. The molecule has 3 nitrogen and oxygen atoms in total. The highest BCUT2D eigenvalue weighted by molar-refractivity contribution is 7.99. The summed E-state index contributed by atoms with van der Waals surface area (Å²) in [5.74, 6) is 1.41. The van der Waals surface area contributed by atoms with Gasteiger partial charge in [-0.25, -0.2) is 4.98 Å². The minimum atomic E-state index is -4.62. The third-order valence-electron chi connectivity index (χ3n) is 5.51. The summed E-state index contributed by atoms with van der Waals surface area (Å²) in [6, 6.07) is 3.43. The molecule has 0 aliphatic heterocycles. The standard InChI is InChI=1S/C20H18ClF3N2OS/c21-15-4-2-1-3-11(15)10-28-19-14(9-25)17(20(22,23)24)13-5-6-16-12(7-8-27-16)18(13)26-19/h7-8,11,15H,1-6,10H2. The fraction of sp³-hybridized carbons (Fsp3) is 0.500. The summed E-state index contributed by atoms with van der Waals surface area (Å²) < 4.78 is 47.2. The number of aryl methyl sites for hydroxylation is 1. The molecule has 2 aliphatic carbocycles. The van der Waals surface area contributed by atoms with Gasteiger partial charge in [-0.05, 0) is 36.8 Å². The van der Waals surface area contributed by atoms with Crippen LogP contribution in [0.4, 0.5) is 13.2 Å². The number of furan rings is 1. The van der Waals surface area contributed by atoms with Gasteiger partial charge in [-0.1, -0.05) is 12.8 Å². The molecule has 2 aromatic heterocycles. The number of fused-ring (bicyclic) bond motifs is 3. The van der Waals surface area contributed by atoms with E-state index in [4.69, 9.17) is 16.0 Å². The zero-order valence-electron chi connectivity index (χ0n) is 15.0. The van der Waals surface area contributed by atoms with Gasteiger partial charge in [0.05, 0.1) is 23.1 Å². The molecule has 1 fully saturated rings. The van der Waals surface area contributed by atoms with Crippen molar-refractivity contribution in [1.82, 2.24) is 4.98 Å². The number of aromatic nitrogens is 1. The molecule has 1 saturated carbocycles. The maximum Gasteiger partial charge on any atom is 0.418 e. The molecule has 148 valence electrons. The highest BCUT2D eigenvalue weighted by Gasteiger charge is 2.41. The van der Waals surface area contributed by atoms with Crippen molar-refractivity contribution in [3.8, 4) is 17.3 Å². The first-order valence-corrected chi connectivity index (χ1v) is 10.7. The molecule has 4 rings (SSSR count). The van der Waals surface area contributed by atoms with E-state index in [9.17, 15) is 18.4 Å². The van der Waals surface area contributed by atoms with E-state index < -0.39 is 11.7 Å². The van der Waals surface area contributed by atoms with Crippen LogP contribution in [0, 0.1) is 17.2 Å². The lowest BCUT2D eigenvalue weighted by molar-refractivity contribution is -0.138. The molecule has 0 aromatic carbocycles. The molecule has 28 heavy (non-hydrogen) atoms. The van der Waals surface area contributed by atoms with Crippen molar-refractivity contribution in [2.75, 3.05) is 5.75 Å². The fourth-order valence-electron chi connectivity index (χ4n) is 4.11. The van der Waals surface area contributed by atoms with Gasteiger partial charge in [0.15, 0.2) is 0 Å². The van der Waals surface area contributed by atoms with Crippen molar-refractivity contribution >= 4 is 23.4 Å². The molecular weight excluding hydrogens is 409 g/mol. The number of nitriles is 1. The third kappa shape index (κ3) is 3.53. The molecule has 2 atom stereocenters. The number of rotatable bonds is 3. The summed E-state index contributed by atoms with van der Waals surface area (Å²) >= 11 is 7.62. The molecule has 0 radical (unpaired) electrons. The molecule has 0 N–H and O–H groups in total. The van der Waals surface area contributed by atoms with E-state index in [0.29, 0.717) is 23.5 Å². The fourth-order valence-corrected chi connectivity index (χ4v) is 5.80. The number of thioether (sulfide) groups is 1. The zero-order chi connectivity index (χ0) is 19.9. The Kier molecular flexibility index (Phi) is 5.36. The van der Waals surface area contributed by atoms with Gasteiger partial charge in [-0.15, -0.1) is 23.4 Å². The number of hydrogen-bond donors (Lipinski definition) is 0. The van der Waals surface area contributed by atoms with Crippen molar-refractivity contribution in [2.45, 2.75) is 55.1 Å². The Hall–Kier alpha value is -1.65. The molecule has 2 unspecified atom stereocenters. The van der Waals surface area contributed by atoms with Crippen molar-refractivity contribution < 1.29 is 17.6 Å². The second-order valence-electron chi connectivity index (χ2n) is 7.23. The summed E-state index contributed by atoms with van der Waals surface area (Å²) in [5.41, 5.74) is -0.249. The topological polar surface area (TPSA) is 49.8 Å². The van der Waals surface area contributed by atoms with Crippen LogP contribution in [0.25, 0.3) is 11.3 Å². The average molecular weight is 427 g/mol. The van der Waals surface area contributed by atoms with Gasteiger partial charge in [0.2, 0.25) is 0 Å². The summed E-state index contributed by atoms with van der Waals surface area (Å²) in [6.07, 6.45) is 1.40. The zero-order valence-corrected chi connectivity index (χ0v) is 16.6. The number of nitrogens with zero attached hydrogens (tertiary/aromatic N) is 2. The lowest BCUT2D eigenvalue weighted by atomic mass is 9.89. The lowest BCUT2D eigenvalue weighted by Gasteiger charge is -2.27. The Balaban J connectivity index is 1.78. The van der Waals surface area contributed by atoms with Gasteiger partial charge >= 0.3 is 6.18 Å². The van der Waals surface area contributed by atoms with Crippen molar-refractivity contribution in [2.24, 2.45) is 5.92 Å². The van der Waals surface area contributed by atoms with Gasteiger partial charge in [-0.2, -0.15) is 18.4 Å². The van der Waals surface area contributed by atoms with Crippen LogP contribution < -0.4 is 0 Å². The molecule has 0 spiro atoms. The molecule has 8 heteroatoms. The van der Waals surface area contributed by atoms with Crippen LogP contribution in [0.3, 0.4) is 0 Å². The Morgan fingerprint density at radius 1 is 1.29 bits per heavy atom. The van der Waals surface area contributed by atoms with E-state index in [-0.39, 0.29) is 39.6 Å². The van der Waals surface area contributed by atoms with Gasteiger partial charge in [-0.3, -0.25) is 0 Å². The third-order valence-corrected chi connectivity index (χ3v) is 7.25. The Morgan fingerprint density at radius 2 is 2.07 bits per heavy atom. The summed E-state index contributed by atoms with van der Waals surface area (Å²) in [4.78, 5) is 4.52. The van der Waals surface area contributed by atoms with Gasteiger partial charge in [0, 0.05) is 23.1 Å². The quantitative estimate of drug-likeness (QED) is 0.431.